The lowest BCUT2D eigenvalue weighted by molar-refractivity contribution is -0.161. The van der Waals surface area contributed by atoms with E-state index in [4.69, 9.17) is 24.3 Å². The lowest BCUT2D eigenvalue weighted by Crippen LogP contribution is -2.29. The molecule has 0 fully saturated rings. The van der Waals surface area contributed by atoms with Crippen LogP contribution in [0.2, 0.25) is 0 Å². The van der Waals surface area contributed by atoms with Crippen molar-refractivity contribution in [2.75, 3.05) is 26.4 Å². The second kappa shape index (κ2) is 62.6. The van der Waals surface area contributed by atoms with Crippen LogP contribution in [0.4, 0.5) is 0 Å². The molecule has 79 heavy (non-hydrogen) atoms. The van der Waals surface area contributed by atoms with Gasteiger partial charge in [-0.3, -0.25) is 18.6 Å². The third-order valence-corrected chi connectivity index (χ3v) is 13.1. The van der Waals surface area contributed by atoms with Gasteiger partial charge in [-0.15, -0.1) is 0 Å². The Hall–Kier alpha value is -4.63. The van der Waals surface area contributed by atoms with Crippen molar-refractivity contribution < 1.29 is 37.6 Å². The number of esters is 2. The number of phosphoric ester groups is 1. The van der Waals surface area contributed by atoms with Gasteiger partial charge < -0.3 is 20.1 Å². The van der Waals surface area contributed by atoms with Crippen LogP contribution in [0.15, 0.2) is 170 Å². The van der Waals surface area contributed by atoms with Gasteiger partial charge in [0.2, 0.25) is 0 Å². The van der Waals surface area contributed by atoms with E-state index in [1.165, 1.54) is 25.7 Å². The zero-order valence-electron chi connectivity index (χ0n) is 49.5. The Bertz CT molecular complexity index is 1890. The molecule has 2 unspecified atom stereocenters. The number of carbonyl (C=O) groups is 2. The molecule has 2 atom stereocenters. The second-order valence-electron chi connectivity index (χ2n) is 19.5. The standard InChI is InChI=1S/C69H110NO8P/c1-3-5-7-9-11-13-15-17-19-21-23-25-27-29-31-32-33-34-36-38-40-42-44-46-48-50-52-54-56-58-60-62-69(72)78-67(66-77-79(73,74)76-64-63-70)65-75-68(71)61-59-57-55-53-51-49-47-45-43-41-39-37-35-30-28-26-24-22-20-18-16-14-12-10-8-6-4-2/h5-8,11-14,17-20,23-26,29-31,33-35,38-41,44,46,67H,3-4,9-10,15-16,21-22,27-28,32,36-37,42-43,45,47-66,70H2,1-2H3,(H,73,74)/b7-5-,8-6-,13-11-,14-12-,19-17-,20-18-,25-23-,26-24-,31-29-,34-33-,35-30-,40-38-,41-39-,46-44-. The summed E-state index contributed by atoms with van der Waals surface area (Å²) in [6.07, 6.45) is 92.6. The van der Waals surface area contributed by atoms with E-state index in [0.29, 0.717) is 12.8 Å². The maximum absolute atomic E-state index is 12.7. The summed E-state index contributed by atoms with van der Waals surface area (Å²) < 4.78 is 33.1. The molecule has 0 aromatic heterocycles. The molecule has 0 aliphatic heterocycles. The Morgan fingerprint density at radius 3 is 0.975 bits per heavy atom. The number of hydrogen-bond donors (Lipinski definition) is 2. The highest BCUT2D eigenvalue weighted by Gasteiger charge is 2.26. The molecule has 0 radical (unpaired) electrons. The number of ether oxygens (including phenoxy) is 2. The normalized spacial score (nSPS) is 14.2. The Labute approximate surface area is 482 Å². The topological polar surface area (TPSA) is 134 Å². The fraction of sp³-hybridized carbons (Fsp3) is 0.565. The molecule has 3 N–H and O–H groups in total. The first kappa shape index (κ1) is 74.4. The molecule has 0 aliphatic carbocycles. The van der Waals surface area contributed by atoms with Crippen LogP contribution in [0.5, 0.6) is 0 Å². The minimum absolute atomic E-state index is 0.0395. The SMILES string of the molecule is CC/C=C\C/C=C\C/C=C\C/C=C\C/C=C\C/C=C\C/C=C\C/C=C\CCCCCCCCC(=O)OC(COC(=O)CCCCCCCCCC/C=C\C/C=C\C/C=C\C/C=C\C/C=C\C/C=C\CC)COP(=O)(O)OCCN. The minimum Gasteiger partial charge on any atom is -0.462 e. The highest BCUT2D eigenvalue weighted by molar-refractivity contribution is 7.47. The lowest BCUT2D eigenvalue weighted by atomic mass is 10.1. The van der Waals surface area contributed by atoms with Crippen LogP contribution in [-0.4, -0.2) is 49.3 Å². The summed E-state index contributed by atoms with van der Waals surface area (Å²) in [5, 5.41) is 0. The van der Waals surface area contributed by atoms with Gasteiger partial charge in [0, 0.05) is 19.4 Å². The summed E-state index contributed by atoms with van der Waals surface area (Å²) in [7, 11) is -4.41. The van der Waals surface area contributed by atoms with Crippen molar-refractivity contribution in [3.8, 4) is 0 Å². The fourth-order valence-corrected chi connectivity index (χ4v) is 8.42. The van der Waals surface area contributed by atoms with E-state index in [2.05, 4.69) is 184 Å². The first-order chi connectivity index (χ1) is 38.8. The molecule has 0 aromatic rings. The third-order valence-electron chi connectivity index (χ3n) is 12.1. The molecule has 9 nitrogen and oxygen atoms in total. The molecule has 0 amide bonds. The summed E-state index contributed by atoms with van der Waals surface area (Å²) in [4.78, 5) is 35.3. The molecule has 0 saturated heterocycles. The predicted octanol–water partition coefficient (Wildman–Crippen LogP) is 19.8. The van der Waals surface area contributed by atoms with Crippen molar-refractivity contribution in [1.29, 1.82) is 0 Å². The Balaban J connectivity index is 4.09. The lowest BCUT2D eigenvalue weighted by Gasteiger charge is -2.19. The van der Waals surface area contributed by atoms with E-state index in [1.807, 2.05) is 0 Å². The predicted molar refractivity (Wildman–Crippen MR) is 339 cm³/mol. The van der Waals surface area contributed by atoms with Crippen LogP contribution >= 0.6 is 7.82 Å². The van der Waals surface area contributed by atoms with E-state index in [0.717, 1.165) is 154 Å². The van der Waals surface area contributed by atoms with Crippen molar-refractivity contribution in [2.24, 2.45) is 5.73 Å². The first-order valence-corrected chi connectivity index (χ1v) is 32.1. The maximum Gasteiger partial charge on any atom is 0.472 e. The Morgan fingerprint density at radius 1 is 0.380 bits per heavy atom. The molecule has 0 heterocycles. The van der Waals surface area contributed by atoms with Crippen LogP contribution in [-0.2, 0) is 32.7 Å². The van der Waals surface area contributed by atoms with E-state index >= 15 is 0 Å². The van der Waals surface area contributed by atoms with Gasteiger partial charge in [0.05, 0.1) is 13.2 Å². The second-order valence-corrected chi connectivity index (χ2v) is 20.9. The van der Waals surface area contributed by atoms with Gasteiger partial charge in [-0.1, -0.05) is 248 Å². The highest BCUT2D eigenvalue weighted by atomic mass is 31.2. The summed E-state index contributed by atoms with van der Waals surface area (Å²) in [6, 6.07) is 0. The van der Waals surface area contributed by atoms with Crippen molar-refractivity contribution in [1.82, 2.24) is 0 Å². The number of allylic oxidation sites excluding steroid dienone is 28. The molecular weight excluding hydrogens is 1000 g/mol. The van der Waals surface area contributed by atoms with Crippen LogP contribution < -0.4 is 5.73 Å². The average Bonchev–Trinajstić information content (AvgIpc) is 3.44. The molecular formula is C69H110NO8P. The smallest absolute Gasteiger partial charge is 0.462 e. The quantitative estimate of drug-likeness (QED) is 0.0264. The number of phosphoric acid groups is 1. The molecule has 10 heteroatoms. The Kier molecular flexibility index (Phi) is 58.9. The van der Waals surface area contributed by atoms with Gasteiger partial charge in [-0.05, 0) is 128 Å². The molecule has 0 spiro atoms. The maximum atomic E-state index is 12.7. The zero-order chi connectivity index (χ0) is 57.3. The average molecular weight is 1110 g/mol. The summed E-state index contributed by atoms with van der Waals surface area (Å²) >= 11 is 0. The van der Waals surface area contributed by atoms with E-state index in [-0.39, 0.29) is 32.6 Å². The first-order valence-electron chi connectivity index (χ1n) is 30.6. The van der Waals surface area contributed by atoms with Gasteiger partial charge in [0.1, 0.15) is 6.61 Å². The summed E-state index contributed by atoms with van der Waals surface area (Å²) in [6.45, 7) is 3.46. The van der Waals surface area contributed by atoms with E-state index in [1.54, 1.807) is 0 Å². The van der Waals surface area contributed by atoms with Gasteiger partial charge in [0.15, 0.2) is 6.10 Å². The van der Waals surface area contributed by atoms with Gasteiger partial charge >= 0.3 is 19.8 Å². The monoisotopic (exact) mass is 1110 g/mol. The van der Waals surface area contributed by atoms with E-state index in [9.17, 15) is 19.0 Å². The molecule has 444 valence electrons. The van der Waals surface area contributed by atoms with Crippen molar-refractivity contribution >= 4 is 19.8 Å². The number of rotatable bonds is 55. The number of unbranched alkanes of at least 4 members (excludes halogenated alkanes) is 14. The Morgan fingerprint density at radius 2 is 0.658 bits per heavy atom. The molecule has 0 bridgehead atoms. The number of nitrogens with two attached hydrogens (primary N) is 1. The summed E-state index contributed by atoms with van der Waals surface area (Å²) in [5.41, 5.74) is 5.39. The number of carbonyl (C=O) groups excluding carboxylic acids is 2. The zero-order valence-corrected chi connectivity index (χ0v) is 50.4. The minimum atomic E-state index is -4.41. The number of hydrogen-bond acceptors (Lipinski definition) is 8. The van der Waals surface area contributed by atoms with Crippen molar-refractivity contribution in [3.63, 3.8) is 0 Å². The van der Waals surface area contributed by atoms with Crippen LogP contribution in [0.3, 0.4) is 0 Å². The van der Waals surface area contributed by atoms with Crippen LogP contribution in [0.1, 0.15) is 219 Å². The molecule has 0 aromatic carbocycles. The van der Waals surface area contributed by atoms with Gasteiger partial charge in [-0.2, -0.15) is 0 Å². The fourth-order valence-electron chi connectivity index (χ4n) is 7.65. The molecule has 0 aliphatic rings. The van der Waals surface area contributed by atoms with Crippen molar-refractivity contribution in [3.05, 3.63) is 170 Å². The van der Waals surface area contributed by atoms with Crippen LogP contribution in [0, 0.1) is 0 Å². The molecule has 0 saturated carbocycles. The molecule has 0 rings (SSSR count). The van der Waals surface area contributed by atoms with E-state index < -0.39 is 32.5 Å². The highest BCUT2D eigenvalue weighted by Crippen LogP contribution is 2.43. The van der Waals surface area contributed by atoms with Crippen LogP contribution in [0.25, 0.3) is 0 Å². The van der Waals surface area contributed by atoms with Crippen molar-refractivity contribution in [2.45, 2.75) is 225 Å². The third kappa shape index (κ3) is 62.4. The summed E-state index contributed by atoms with van der Waals surface area (Å²) in [5.74, 6) is -0.868. The largest absolute Gasteiger partial charge is 0.472 e. The van der Waals surface area contributed by atoms with Gasteiger partial charge in [0.25, 0.3) is 0 Å². The van der Waals surface area contributed by atoms with Gasteiger partial charge in [-0.25, -0.2) is 4.57 Å².